The Morgan fingerprint density at radius 1 is 1.00 bits per heavy atom. The molecule has 4 rings (SSSR count). The van der Waals surface area contributed by atoms with Gasteiger partial charge in [0.1, 0.15) is 22.8 Å². The Hall–Kier alpha value is -4.25. The number of aromatic nitrogens is 1. The minimum Gasteiger partial charge on any atom is -0.481 e. The van der Waals surface area contributed by atoms with Gasteiger partial charge in [0.25, 0.3) is 0 Å². The van der Waals surface area contributed by atoms with Gasteiger partial charge in [-0.25, -0.2) is 23.4 Å². The van der Waals surface area contributed by atoms with Crippen molar-refractivity contribution >= 4 is 29.2 Å². The summed E-state index contributed by atoms with van der Waals surface area (Å²) in [6, 6.07) is 9.97. The fraction of sp³-hybridized carbons (Fsp3) is 0.500. The molecule has 1 heterocycles. The van der Waals surface area contributed by atoms with Crippen LogP contribution in [-0.4, -0.2) is 58.1 Å². The third kappa shape index (κ3) is 10.6. The second kappa shape index (κ2) is 16.0. The summed E-state index contributed by atoms with van der Waals surface area (Å²) in [7, 11) is 1.54. The number of nitrogens with one attached hydrogen (secondary N) is 1. The van der Waals surface area contributed by atoms with Crippen molar-refractivity contribution in [2.24, 2.45) is 5.92 Å². The first-order chi connectivity index (χ1) is 23.1. The predicted molar refractivity (Wildman–Crippen MR) is 185 cm³/mol. The van der Waals surface area contributed by atoms with Crippen molar-refractivity contribution in [2.45, 2.75) is 104 Å². The maximum atomic E-state index is 14.2. The van der Waals surface area contributed by atoms with E-state index in [1.165, 1.54) is 13.2 Å². The summed E-state index contributed by atoms with van der Waals surface area (Å²) in [5.74, 6) is -0.498. The summed E-state index contributed by atoms with van der Waals surface area (Å²) in [4.78, 5) is 32.8. The average Bonchev–Trinajstić information content (AvgIpc) is 3.02. The number of rotatable bonds is 10. The van der Waals surface area contributed by atoms with E-state index in [1.54, 1.807) is 58.6 Å². The van der Waals surface area contributed by atoms with Crippen molar-refractivity contribution in [3.05, 3.63) is 76.9 Å². The minimum atomic E-state index is -0.712. The molecular weight excluding hydrogens is 632 g/mol. The molecule has 2 N–H and O–H groups in total. The molecule has 2 amide bonds. The van der Waals surface area contributed by atoms with Crippen LogP contribution in [0.15, 0.2) is 48.5 Å². The van der Waals surface area contributed by atoms with Gasteiger partial charge in [0.05, 0.1) is 25.3 Å². The summed E-state index contributed by atoms with van der Waals surface area (Å²) in [6.07, 6.45) is 5.59. The number of methoxy groups -OCH3 is 1. The number of carbonyl (C=O) groups excluding carboxylic acids is 2. The van der Waals surface area contributed by atoms with Crippen LogP contribution in [0.25, 0.3) is 17.0 Å². The zero-order valence-electron chi connectivity index (χ0n) is 29.5. The van der Waals surface area contributed by atoms with Crippen LogP contribution in [0.3, 0.4) is 0 Å². The zero-order chi connectivity index (χ0) is 35.9. The molecule has 0 bridgehead atoms. The molecule has 1 fully saturated rings. The van der Waals surface area contributed by atoms with Crippen LogP contribution in [0.4, 0.5) is 18.4 Å². The van der Waals surface area contributed by atoms with Gasteiger partial charge in [-0.3, -0.25) is 0 Å². The monoisotopic (exact) mass is 681 g/mol. The third-order valence-corrected chi connectivity index (χ3v) is 8.41. The van der Waals surface area contributed by atoms with Crippen LogP contribution < -0.4 is 10.1 Å². The zero-order valence-corrected chi connectivity index (χ0v) is 29.5. The number of benzene rings is 2. The van der Waals surface area contributed by atoms with Gasteiger partial charge < -0.3 is 29.5 Å². The molecule has 266 valence electrons. The van der Waals surface area contributed by atoms with E-state index in [2.05, 4.69) is 5.32 Å². The summed E-state index contributed by atoms with van der Waals surface area (Å²) >= 11 is 0. The van der Waals surface area contributed by atoms with E-state index in [0.717, 1.165) is 42.0 Å². The van der Waals surface area contributed by atoms with Gasteiger partial charge in [-0.05, 0) is 109 Å². The molecule has 1 saturated carbocycles. The minimum absolute atomic E-state index is 0.100. The number of fused-ring (bicyclic) bond motifs is 1. The van der Waals surface area contributed by atoms with Crippen molar-refractivity contribution in [1.29, 1.82) is 0 Å². The van der Waals surface area contributed by atoms with Crippen molar-refractivity contribution in [1.82, 2.24) is 15.2 Å². The number of aliphatic hydroxyl groups is 1. The lowest BCUT2D eigenvalue weighted by molar-refractivity contribution is 0.0128. The molecule has 1 aliphatic rings. The van der Waals surface area contributed by atoms with Gasteiger partial charge >= 0.3 is 12.2 Å². The molecule has 11 heteroatoms. The maximum Gasteiger partial charge on any atom is 0.410 e. The van der Waals surface area contributed by atoms with Gasteiger partial charge in [0.15, 0.2) is 0 Å². The number of nitrogens with zero attached hydrogens (tertiary/aromatic N) is 2. The molecule has 2 aromatic carbocycles. The van der Waals surface area contributed by atoms with Gasteiger partial charge in [-0.15, -0.1) is 0 Å². The maximum absolute atomic E-state index is 14.2. The van der Waals surface area contributed by atoms with E-state index >= 15 is 0 Å². The number of hydrogen-bond donors (Lipinski definition) is 2. The highest BCUT2D eigenvalue weighted by Crippen LogP contribution is 2.37. The second-order valence-corrected chi connectivity index (χ2v) is 14.5. The van der Waals surface area contributed by atoms with E-state index in [9.17, 15) is 23.5 Å². The predicted octanol–water partition coefficient (Wildman–Crippen LogP) is 8.48. The highest BCUT2D eigenvalue weighted by molar-refractivity contribution is 5.86. The van der Waals surface area contributed by atoms with Crippen LogP contribution in [0.2, 0.25) is 0 Å². The third-order valence-electron chi connectivity index (χ3n) is 8.41. The Bertz CT molecular complexity index is 1640. The molecule has 0 radical (unpaired) electrons. The summed E-state index contributed by atoms with van der Waals surface area (Å²) in [6.45, 7) is 10.8. The molecule has 49 heavy (non-hydrogen) atoms. The van der Waals surface area contributed by atoms with E-state index in [1.807, 2.05) is 18.2 Å². The first-order valence-electron chi connectivity index (χ1n) is 16.7. The fourth-order valence-corrected chi connectivity index (χ4v) is 6.18. The Labute approximate surface area is 287 Å². The second-order valence-electron chi connectivity index (χ2n) is 14.5. The molecule has 9 nitrogen and oxygen atoms in total. The number of pyridine rings is 1. The largest absolute Gasteiger partial charge is 0.481 e. The normalized spacial score (nSPS) is 17.5. The fourth-order valence-electron chi connectivity index (χ4n) is 6.18. The molecule has 1 aromatic heterocycles. The van der Waals surface area contributed by atoms with Crippen molar-refractivity contribution in [2.75, 3.05) is 13.7 Å². The lowest BCUT2D eigenvalue weighted by Crippen LogP contribution is -2.45. The summed E-state index contributed by atoms with van der Waals surface area (Å²) in [5.41, 5.74) is 0.806. The molecule has 1 unspecified atom stereocenters. The molecule has 3 aromatic rings. The number of amides is 2. The van der Waals surface area contributed by atoms with Crippen LogP contribution in [0.1, 0.15) is 96.4 Å². The Kier molecular flexibility index (Phi) is 12.2. The number of hydrogen-bond acceptors (Lipinski definition) is 7. The number of ether oxygens (including phenoxy) is 3. The van der Waals surface area contributed by atoms with Gasteiger partial charge in [0, 0.05) is 35.2 Å². The van der Waals surface area contributed by atoms with Crippen molar-refractivity contribution in [3.8, 4) is 5.88 Å². The Morgan fingerprint density at radius 2 is 1.69 bits per heavy atom. The van der Waals surface area contributed by atoms with Gasteiger partial charge in [-0.2, -0.15) is 0 Å². The van der Waals surface area contributed by atoms with Crippen molar-refractivity contribution in [3.63, 3.8) is 0 Å². The molecule has 1 aliphatic carbocycles. The van der Waals surface area contributed by atoms with E-state index in [4.69, 9.17) is 19.2 Å². The van der Waals surface area contributed by atoms with E-state index < -0.39 is 41.1 Å². The van der Waals surface area contributed by atoms with Gasteiger partial charge in [0.2, 0.25) is 5.88 Å². The quantitative estimate of drug-likeness (QED) is 0.221. The smallest absolute Gasteiger partial charge is 0.410 e. The highest BCUT2D eigenvalue weighted by atomic mass is 19.1. The average molecular weight is 682 g/mol. The van der Waals surface area contributed by atoms with Gasteiger partial charge in [-0.1, -0.05) is 24.3 Å². The summed E-state index contributed by atoms with van der Waals surface area (Å²) < 4.78 is 44.7. The van der Waals surface area contributed by atoms with Crippen molar-refractivity contribution < 1.29 is 37.7 Å². The lowest BCUT2D eigenvalue weighted by atomic mass is 9.80. The summed E-state index contributed by atoms with van der Waals surface area (Å²) in [5, 5.41) is 13.9. The first kappa shape index (κ1) is 37.6. The molecular formula is C38H49F2N3O6. The lowest BCUT2D eigenvalue weighted by Gasteiger charge is -2.38. The van der Waals surface area contributed by atoms with Crippen LogP contribution in [0.5, 0.6) is 5.88 Å². The number of alkyl carbamates (subject to hydrolysis) is 1. The highest BCUT2D eigenvalue weighted by Gasteiger charge is 2.33. The SMILES string of the molecule is COc1ccc2c(CO)ccc(C(CC3CCC(N(C/C=C/c4cc(F)ccc4F)C(=O)OC(C)(C)C)CC3)NC(=O)OC(C)(C)C)c2n1. The topological polar surface area (TPSA) is 110 Å². The van der Waals surface area contributed by atoms with E-state index in [0.29, 0.717) is 36.2 Å². The standard InChI is InChI=1S/C38H49F2N3O6/c1-37(2,3)48-35(45)41-32(30-16-12-26(23-44)29-17-19-33(47-7)42-34(29)30)21-24-10-14-28(15-11-24)43(36(46)49-38(4,5)6)20-8-9-25-22-27(39)13-18-31(25)40/h8-9,12-13,16-19,22,24,28,32,44H,10-11,14-15,20-21,23H2,1-7H3,(H,41,45)/b9-8+. The Morgan fingerprint density at radius 3 is 2.33 bits per heavy atom. The number of aliphatic hydroxyl groups excluding tert-OH is 1. The molecule has 0 saturated heterocycles. The number of halogens is 2. The van der Waals surface area contributed by atoms with Crippen LogP contribution >= 0.6 is 0 Å². The molecule has 0 aliphatic heterocycles. The van der Waals surface area contributed by atoms with E-state index in [-0.39, 0.29) is 30.7 Å². The molecule has 1 atom stereocenters. The van der Waals surface area contributed by atoms with Crippen LogP contribution in [-0.2, 0) is 16.1 Å². The van der Waals surface area contributed by atoms with Crippen LogP contribution in [0, 0.1) is 17.6 Å². The Balaban J connectivity index is 1.56. The molecule has 0 spiro atoms. The first-order valence-corrected chi connectivity index (χ1v) is 16.7. The number of carbonyl (C=O) groups is 2.